The Morgan fingerprint density at radius 1 is 1.38 bits per heavy atom. The van der Waals surface area contributed by atoms with E-state index in [0.717, 1.165) is 19.4 Å². The molecule has 0 rings (SSSR count). The molecule has 0 atom stereocenters. The zero-order chi connectivity index (χ0) is 10.3. The third-order valence-electron chi connectivity index (χ3n) is 2.68. The zero-order valence-electron chi connectivity index (χ0n) is 8.89. The lowest BCUT2D eigenvalue weighted by atomic mass is 9.95. The van der Waals surface area contributed by atoms with Gasteiger partial charge in [-0.3, -0.25) is 4.79 Å². The number of carboxylic acid groups (broad SMARTS) is 1. The van der Waals surface area contributed by atoms with Gasteiger partial charge in [0.1, 0.15) is 0 Å². The van der Waals surface area contributed by atoms with Crippen LogP contribution in [0.2, 0.25) is 0 Å². The Labute approximate surface area is 80.5 Å². The molecule has 13 heavy (non-hydrogen) atoms. The Hall–Kier alpha value is -0.570. The molecule has 0 aromatic rings. The molecule has 0 heterocycles. The van der Waals surface area contributed by atoms with E-state index in [0.29, 0.717) is 6.42 Å². The topological polar surface area (TPSA) is 49.3 Å². The average molecular weight is 187 g/mol. The Bertz CT molecular complexity index is 153. The number of nitrogens with one attached hydrogen (secondary N) is 1. The second-order valence-electron chi connectivity index (χ2n) is 3.69. The van der Waals surface area contributed by atoms with Gasteiger partial charge in [-0.1, -0.05) is 13.8 Å². The molecule has 3 heteroatoms. The standard InChI is InChI=1S/C10H21NO2/c1-4-10(3,5-2)11-8-6-7-9(12)13/h11H,4-8H2,1-3H3,(H,12,13). The molecule has 0 aromatic carbocycles. The lowest BCUT2D eigenvalue weighted by Crippen LogP contribution is -2.41. The fraction of sp³-hybridized carbons (Fsp3) is 0.900. The Kier molecular flexibility index (Phi) is 5.71. The third-order valence-corrected chi connectivity index (χ3v) is 2.68. The highest BCUT2D eigenvalue weighted by atomic mass is 16.4. The van der Waals surface area contributed by atoms with E-state index in [2.05, 4.69) is 26.1 Å². The maximum atomic E-state index is 10.2. The summed E-state index contributed by atoms with van der Waals surface area (Å²) in [6, 6.07) is 0. The van der Waals surface area contributed by atoms with Crippen molar-refractivity contribution in [2.24, 2.45) is 0 Å². The van der Waals surface area contributed by atoms with Gasteiger partial charge < -0.3 is 10.4 Å². The van der Waals surface area contributed by atoms with E-state index in [1.807, 2.05) is 0 Å². The predicted octanol–water partition coefficient (Wildman–Crippen LogP) is 2.02. The average Bonchev–Trinajstić information content (AvgIpc) is 2.12. The highest BCUT2D eigenvalue weighted by Gasteiger charge is 2.17. The van der Waals surface area contributed by atoms with E-state index >= 15 is 0 Å². The quantitative estimate of drug-likeness (QED) is 0.599. The molecule has 0 unspecified atom stereocenters. The van der Waals surface area contributed by atoms with Gasteiger partial charge in [0, 0.05) is 12.0 Å². The molecule has 0 bridgehead atoms. The molecule has 0 aliphatic rings. The highest BCUT2D eigenvalue weighted by Crippen LogP contribution is 2.13. The van der Waals surface area contributed by atoms with Gasteiger partial charge >= 0.3 is 5.97 Å². The molecule has 0 saturated carbocycles. The number of carboxylic acids is 1. The van der Waals surface area contributed by atoms with Crippen molar-refractivity contribution in [3.8, 4) is 0 Å². The maximum Gasteiger partial charge on any atom is 0.303 e. The van der Waals surface area contributed by atoms with Crippen molar-refractivity contribution in [2.75, 3.05) is 6.54 Å². The van der Waals surface area contributed by atoms with Crippen molar-refractivity contribution in [2.45, 2.75) is 52.0 Å². The molecular formula is C10H21NO2. The Morgan fingerprint density at radius 2 is 1.92 bits per heavy atom. The van der Waals surface area contributed by atoms with Crippen molar-refractivity contribution in [3.63, 3.8) is 0 Å². The van der Waals surface area contributed by atoms with Crippen LogP contribution in [0.3, 0.4) is 0 Å². The maximum absolute atomic E-state index is 10.2. The number of aliphatic carboxylic acids is 1. The largest absolute Gasteiger partial charge is 0.481 e. The number of rotatable bonds is 7. The summed E-state index contributed by atoms with van der Waals surface area (Å²) < 4.78 is 0. The van der Waals surface area contributed by atoms with Crippen LogP contribution in [0.5, 0.6) is 0 Å². The second-order valence-corrected chi connectivity index (χ2v) is 3.69. The van der Waals surface area contributed by atoms with E-state index in [4.69, 9.17) is 5.11 Å². The molecular weight excluding hydrogens is 166 g/mol. The van der Waals surface area contributed by atoms with Crippen molar-refractivity contribution in [1.29, 1.82) is 0 Å². The fourth-order valence-corrected chi connectivity index (χ4v) is 1.13. The van der Waals surface area contributed by atoms with Crippen LogP contribution in [0.4, 0.5) is 0 Å². The minimum atomic E-state index is -0.712. The summed E-state index contributed by atoms with van der Waals surface area (Å²) in [5.41, 5.74) is 0.179. The van der Waals surface area contributed by atoms with E-state index in [-0.39, 0.29) is 12.0 Å². The van der Waals surface area contributed by atoms with E-state index in [9.17, 15) is 4.79 Å². The van der Waals surface area contributed by atoms with Crippen LogP contribution in [0.15, 0.2) is 0 Å². The normalized spacial score (nSPS) is 11.6. The fourth-order valence-electron chi connectivity index (χ4n) is 1.13. The van der Waals surface area contributed by atoms with E-state index in [1.165, 1.54) is 0 Å². The molecule has 0 aliphatic carbocycles. The first-order valence-electron chi connectivity index (χ1n) is 5.01. The van der Waals surface area contributed by atoms with Crippen LogP contribution < -0.4 is 5.32 Å². The molecule has 78 valence electrons. The molecule has 3 nitrogen and oxygen atoms in total. The molecule has 0 aliphatic heterocycles. The smallest absolute Gasteiger partial charge is 0.303 e. The van der Waals surface area contributed by atoms with Gasteiger partial charge in [-0.25, -0.2) is 0 Å². The first-order valence-corrected chi connectivity index (χ1v) is 5.01. The molecule has 0 aromatic heterocycles. The van der Waals surface area contributed by atoms with Crippen molar-refractivity contribution in [3.05, 3.63) is 0 Å². The molecule has 0 saturated heterocycles. The summed E-state index contributed by atoms with van der Waals surface area (Å²) in [6.07, 6.45) is 3.13. The van der Waals surface area contributed by atoms with Crippen molar-refractivity contribution in [1.82, 2.24) is 5.32 Å². The second kappa shape index (κ2) is 5.97. The lowest BCUT2D eigenvalue weighted by molar-refractivity contribution is -0.137. The minimum absolute atomic E-state index is 0.179. The summed E-state index contributed by atoms with van der Waals surface area (Å²) in [4.78, 5) is 10.2. The van der Waals surface area contributed by atoms with Crippen molar-refractivity contribution >= 4 is 5.97 Å². The Balaban J connectivity index is 3.55. The van der Waals surface area contributed by atoms with Gasteiger partial charge in [0.15, 0.2) is 0 Å². The zero-order valence-corrected chi connectivity index (χ0v) is 8.89. The first-order chi connectivity index (χ1) is 6.04. The molecule has 0 fully saturated rings. The molecule has 0 amide bonds. The van der Waals surface area contributed by atoms with E-state index < -0.39 is 5.97 Å². The van der Waals surface area contributed by atoms with Crippen LogP contribution >= 0.6 is 0 Å². The summed E-state index contributed by atoms with van der Waals surface area (Å²) >= 11 is 0. The number of hydrogen-bond acceptors (Lipinski definition) is 2. The van der Waals surface area contributed by atoms with Gasteiger partial charge in [0.2, 0.25) is 0 Å². The summed E-state index contributed by atoms with van der Waals surface area (Å²) in [6.45, 7) is 7.26. The highest BCUT2D eigenvalue weighted by molar-refractivity contribution is 5.66. The van der Waals surface area contributed by atoms with Gasteiger partial charge in [-0.2, -0.15) is 0 Å². The predicted molar refractivity (Wildman–Crippen MR) is 53.9 cm³/mol. The summed E-state index contributed by atoms with van der Waals surface area (Å²) in [7, 11) is 0. The third kappa shape index (κ3) is 5.64. The van der Waals surface area contributed by atoms with Crippen LogP contribution in [0, 0.1) is 0 Å². The van der Waals surface area contributed by atoms with Gasteiger partial charge in [-0.05, 0) is 32.7 Å². The van der Waals surface area contributed by atoms with Crippen LogP contribution in [-0.2, 0) is 4.79 Å². The lowest BCUT2D eigenvalue weighted by Gasteiger charge is -2.28. The van der Waals surface area contributed by atoms with Crippen LogP contribution in [0.25, 0.3) is 0 Å². The van der Waals surface area contributed by atoms with Crippen LogP contribution in [-0.4, -0.2) is 23.2 Å². The number of hydrogen-bond donors (Lipinski definition) is 2. The first kappa shape index (κ1) is 12.4. The molecule has 0 radical (unpaired) electrons. The minimum Gasteiger partial charge on any atom is -0.481 e. The molecule has 2 N–H and O–H groups in total. The van der Waals surface area contributed by atoms with E-state index in [1.54, 1.807) is 0 Å². The van der Waals surface area contributed by atoms with Gasteiger partial charge in [0.05, 0.1) is 0 Å². The van der Waals surface area contributed by atoms with Gasteiger partial charge in [0.25, 0.3) is 0 Å². The summed E-state index contributed by atoms with van der Waals surface area (Å²) in [5, 5.41) is 11.8. The summed E-state index contributed by atoms with van der Waals surface area (Å²) in [5.74, 6) is -0.712. The van der Waals surface area contributed by atoms with Gasteiger partial charge in [-0.15, -0.1) is 0 Å². The molecule has 0 spiro atoms. The van der Waals surface area contributed by atoms with Crippen molar-refractivity contribution < 1.29 is 9.90 Å². The van der Waals surface area contributed by atoms with Crippen LogP contribution in [0.1, 0.15) is 46.5 Å². The SMILES string of the molecule is CCC(C)(CC)NCCCC(=O)O. The number of carbonyl (C=O) groups is 1. The monoisotopic (exact) mass is 187 g/mol. The Morgan fingerprint density at radius 3 is 2.31 bits per heavy atom.